The monoisotopic (exact) mass is 294 g/mol. The topological polar surface area (TPSA) is 64.4 Å². The summed E-state index contributed by atoms with van der Waals surface area (Å²) in [7, 11) is 0. The highest BCUT2D eigenvalue weighted by molar-refractivity contribution is 5.85. The van der Waals surface area contributed by atoms with Crippen molar-refractivity contribution >= 4 is 18.3 Å². The first-order valence-corrected chi connectivity index (χ1v) is 7.03. The summed E-state index contributed by atoms with van der Waals surface area (Å²) in [5.41, 5.74) is 5.21. The molecule has 0 saturated carbocycles. The van der Waals surface area contributed by atoms with Crippen LogP contribution in [-0.2, 0) is 9.53 Å². The van der Waals surface area contributed by atoms with Crippen LogP contribution in [0.15, 0.2) is 0 Å². The molecule has 2 unspecified atom stereocenters. The predicted octanol–water partition coefficient (Wildman–Crippen LogP) is 2.49. The van der Waals surface area contributed by atoms with Crippen molar-refractivity contribution in [3.8, 4) is 0 Å². The zero-order valence-corrected chi connectivity index (χ0v) is 13.8. The summed E-state index contributed by atoms with van der Waals surface area (Å²) in [6, 6.07) is 0. The van der Waals surface area contributed by atoms with Crippen LogP contribution in [0.4, 0.5) is 0 Å². The Labute approximate surface area is 124 Å². The first kappa shape index (κ1) is 21.0. The molecule has 2 atom stereocenters. The molecule has 0 aliphatic rings. The smallest absolute Gasteiger partial charge is 0.239 e. The minimum atomic E-state index is -0.756. The van der Waals surface area contributed by atoms with E-state index in [4.69, 9.17) is 10.5 Å². The van der Waals surface area contributed by atoms with E-state index in [0.29, 0.717) is 25.5 Å². The average Bonchev–Trinajstić information content (AvgIpc) is 2.27. The lowest BCUT2D eigenvalue weighted by atomic mass is 9.96. The van der Waals surface area contributed by atoms with Gasteiger partial charge in [0.2, 0.25) is 5.91 Å². The van der Waals surface area contributed by atoms with Crippen LogP contribution in [0, 0.1) is 5.92 Å². The number of amides is 1. The maximum absolute atomic E-state index is 11.9. The van der Waals surface area contributed by atoms with E-state index < -0.39 is 5.54 Å². The van der Waals surface area contributed by atoms with E-state index in [1.54, 1.807) is 6.92 Å². The summed E-state index contributed by atoms with van der Waals surface area (Å²) in [6.07, 6.45) is 2.65. The minimum Gasteiger partial charge on any atom is -0.378 e. The Kier molecular flexibility index (Phi) is 11.6. The summed E-state index contributed by atoms with van der Waals surface area (Å²) >= 11 is 0. The van der Waals surface area contributed by atoms with Crippen LogP contribution in [0.1, 0.15) is 53.9 Å². The van der Waals surface area contributed by atoms with Gasteiger partial charge in [-0.2, -0.15) is 0 Å². The lowest BCUT2D eigenvalue weighted by Gasteiger charge is -2.25. The highest BCUT2D eigenvalue weighted by Gasteiger charge is 2.26. The maximum atomic E-state index is 11.9. The van der Waals surface area contributed by atoms with Crippen LogP contribution >= 0.6 is 12.4 Å². The normalized spacial score (nSPS) is 15.5. The minimum absolute atomic E-state index is 0. The van der Waals surface area contributed by atoms with Crippen LogP contribution in [0.2, 0.25) is 0 Å². The lowest BCUT2D eigenvalue weighted by molar-refractivity contribution is -0.126. The van der Waals surface area contributed by atoms with Crippen molar-refractivity contribution in [2.75, 3.05) is 13.2 Å². The molecule has 0 spiro atoms. The Hall–Kier alpha value is -0.320. The predicted molar refractivity (Wildman–Crippen MR) is 82.6 cm³/mol. The molecule has 0 bridgehead atoms. The molecule has 0 heterocycles. The highest BCUT2D eigenvalue weighted by Crippen LogP contribution is 2.11. The molecule has 1 amide bonds. The van der Waals surface area contributed by atoms with Crippen molar-refractivity contribution in [3.05, 3.63) is 0 Å². The van der Waals surface area contributed by atoms with Gasteiger partial charge in [0.1, 0.15) is 0 Å². The van der Waals surface area contributed by atoms with Gasteiger partial charge in [-0.3, -0.25) is 4.79 Å². The van der Waals surface area contributed by atoms with E-state index in [-0.39, 0.29) is 24.4 Å². The molecule has 0 rings (SSSR count). The van der Waals surface area contributed by atoms with E-state index in [9.17, 15) is 4.79 Å². The molecule has 0 radical (unpaired) electrons. The van der Waals surface area contributed by atoms with Gasteiger partial charge in [-0.25, -0.2) is 0 Å². The van der Waals surface area contributed by atoms with Gasteiger partial charge in [0.15, 0.2) is 0 Å². The van der Waals surface area contributed by atoms with Gasteiger partial charge in [-0.1, -0.05) is 27.2 Å². The molecule has 0 aliphatic carbocycles. The third kappa shape index (κ3) is 8.45. The number of ether oxygens (including phenoxy) is 1. The summed E-state index contributed by atoms with van der Waals surface area (Å²) in [6.45, 7) is 11.4. The van der Waals surface area contributed by atoms with Gasteiger partial charge in [0, 0.05) is 13.2 Å². The number of nitrogens with two attached hydrogens (primary N) is 1. The van der Waals surface area contributed by atoms with Crippen LogP contribution in [-0.4, -0.2) is 30.7 Å². The fourth-order valence-electron chi connectivity index (χ4n) is 1.99. The fourth-order valence-corrected chi connectivity index (χ4v) is 1.99. The number of hydrogen-bond donors (Lipinski definition) is 2. The molecule has 19 heavy (non-hydrogen) atoms. The Balaban J connectivity index is 0. The largest absolute Gasteiger partial charge is 0.378 e. The number of nitrogens with one attached hydrogen (secondary N) is 1. The molecule has 0 aromatic rings. The second kappa shape index (κ2) is 10.5. The van der Waals surface area contributed by atoms with Crippen molar-refractivity contribution < 1.29 is 9.53 Å². The second-order valence-electron chi connectivity index (χ2n) is 5.45. The number of rotatable bonds is 9. The van der Waals surface area contributed by atoms with Gasteiger partial charge >= 0.3 is 0 Å². The molecule has 5 heteroatoms. The van der Waals surface area contributed by atoms with Gasteiger partial charge < -0.3 is 15.8 Å². The summed E-state index contributed by atoms with van der Waals surface area (Å²) in [4.78, 5) is 11.9. The molecule has 0 saturated heterocycles. The first-order chi connectivity index (χ1) is 8.35. The molecule has 0 aromatic heterocycles. The molecule has 4 nitrogen and oxygen atoms in total. The summed E-state index contributed by atoms with van der Waals surface area (Å²) in [5.74, 6) is 0.394. The van der Waals surface area contributed by atoms with Crippen molar-refractivity contribution in [1.82, 2.24) is 5.32 Å². The lowest BCUT2D eigenvalue weighted by Crippen LogP contribution is -2.52. The van der Waals surface area contributed by atoms with Crippen LogP contribution in [0.5, 0.6) is 0 Å². The summed E-state index contributed by atoms with van der Waals surface area (Å²) < 4.78 is 5.64. The van der Waals surface area contributed by atoms with E-state index >= 15 is 0 Å². The van der Waals surface area contributed by atoms with Crippen molar-refractivity contribution in [1.29, 1.82) is 0 Å². The van der Waals surface area contributed by atoms with E-state index in [1.807, 2.05) is 13.8 Å². The third-order valence-electron chi connectivity index (χ3n) is 3.13. The SMILES string of the molecule is CCCC(C)(N)C(=O)NCCC(OCC)C(C)C.Cl. The van der Waals surface area contributed by atoms with Crippen LogP contribution in [0.25, 0.3) is 0 Å². The number of carbonyl (C=O) groups is 1. The zero-order chi connectivity index (χ0) is 14.2. The number of carbonyl (C=O) groups excluding carboxylic acids is 1. The van der Waals surface area contributed by atoms with Gasteiger partial charge in [-0.05, 0) is 32.6 Å². The molecular formula is C14H31ClN2O2. The highest BCUT2D eigenvalue weighted by atomic mass is 35.5. The first-order valence-electron chi connectivity index (χ1n) is 7.03. The molecule has 116 valence electrons. The number of halogens is 1. The van der Waals surface area contributed by atoms with Crippen LogP contribution < -0.4 is 11.1 Å². The van der Waals surface area contributed by atoms with Gasteiger partial charge in [-0.15, -0.1) is 12.4 Å². The van der Waals surface area contributed by atoms with Crippen molar-refractivity contribution in [3.63, 3.8) is 0 Å². The Bertz CT molecular complexity index is 246. The standard InChI is InChI=1S/C14H30N2O2.ClH/c1-6-9-14(5,15)13(17)16-10-8-12(11(3)4)18-7-2;/h11-12H,6-10,15H2,1-5H3,(H,16,17);1H. The molecule has 3 N–H and O–H groups in total. The second-order valence-corrected chi connectivity index (χ2v) is 5.45. The average molecular weight is 295 g/mol. The Morgan fingerprint density at radius 1 is 1.37 bits per heavy atom. The zero-order valence-electron chi connectivity index (χ0n) is 13.0. The van der Waals surface area contributed by atoms with Crippen molar-refractivity contribution in [2.24, 2.45) is 11.7 Å². The fraction of sp³-hybridized carbons (Fsp3) is 0.929. The third-order valence-corrected chi connectivity index (χ3v) is 3.13. The number of hydrogen-bond acceptors (Lipinski definition) is 3. The van der Waals surface area contributed by atoms with Gasteiger partial charge in [0.25, 0.3) is 0 Å². The molecule has 0 aromatic carbocycles. The summed E-state index contributed by atoms with van der Waals surface area (Å²) in [5, 5.41) is 2.91. The molecular weight excluding hydrogens is 264 g/mol. The van der Waals surface area contributed by atoms with Gasteiger partial charge in [0.05, 0.1) is 11.6 Å². The quantitative estimate of drug-likeness (QED) is 0.687. The molecule has 0 aliphatic heterocycles. The maximum Gasteiger partial charge on any atom is 0.239 e. The molecule has 0 fully saturated rings. The van der Waals surface area contributed by atoms with E-state index in [1.165, 1.54) is 0 Å². The Morgan fingerprint density at radius 3 is 2.37 bits per heavy atom. The Morgan fingerprint density at radius 2 is 1.95 bits per heavy atom. The van der Waals surface area contributed by atoms with E-state index in [0.717, 1.165) is 12.8 Å². The van der Waals surface area contributed by atoms with E-state index in [2.05, 4.69) is 19.2 Å². The van der Waals surface area contributed by atoms with Crippen LogP contribution in [0.3, 0.4) is 0 Å². The van der Waals surface area contributed by atoms with Crippen molar-refractivity contribution in [2.45, 2.75) is 65.5 Å².